The number of hydrogen-bond acceptors (Lipinski definition) is 2. The third-order valence-electron chi connectivity index (χ3n) is 1.93. The van der Waals surface area contributed by atoms with E-state index in [4.69, 9.17) is 5.73 Å². The molecule has 0 bridgehead atoms. The minimum absolute atomic E-state index is 0.150. The predicted octanol–water partition coefficient (Wildman–Crippen LogP) is 2.08. The first kappa shape index (κ1) is 9.92. The van der Waals surface area contributed by atoms with Crippen molar-refractivity contribution in [2.75, 3.05) is 0 Å². The molecule has 1 rings (SSSR count). The average molecular weight is 187 g/mol. The summed E-state index contributed by atoms with van der Waals surface area (Å²) in [7, 11) is 0. The SMILES string of the molecule is CC[C@H](N)c1c(F)ccc(F)c1O. The molecule has 1 aromatic carbocycles. The predicted molar refractivity (Wildman–Crippen MR) is 45.2 cm³/mol. The van der Waals surface area contributed by atoms with Crippen molar-refractivity contribution in [3.8, 4) is 5.75 Å². The van der Waals surface area contributed by atoms with E-state index in [1.165, 1.54) is 0 Å². The lowest BCUT2D eigenvalue weighted by Crippen LogP contribution is -2.11. The van der Waals surface area contributed by atoms with Crippen molar-refractivity contribution in [1.82, 2.24) is 0 Å². The van der Waals surface area contributed by atoms with Crippen molar-refractivity contribution in [3.05, 3.63) is 29.3 Å². The summed E-state index contributed by atoms with van der Waals surface area (Å²) >= 11 is 0. The largest absolute Gasteiger partial charge is 0.505 e. The van der Waals surface area contributed by atoms with E-state index in [0.29, 0.717) is 6.42 Å². The average Bonchev–Trinajstić information content (AvgIpc) is 2.12. The van der Waals surface area contributed by atoms with Crippen molar-refractivity contribution in [3.63, 3.8) is 0 Å². The van der Waals surface area contributed by atoms with E-state index >= 15 is 0 Å². The van der Waals surface area contributed by atoms with Crippen molar-refractivity contribution in [2.45, 2.75) is 19.4 Å². The zero-order valence-electron chi connectivity index (χ0n) is 7.22. The van der Waals surface area contributed by atoms with Crippen LogP contribution < -0.4 is 5.73 Å². The fourth-order valence-electron chi connectivity index (χ4n) is 1.11. The Morgan fingerprint density at radius 3 is 2.46 bits per heavy atom. The summed E-state index contributed by atoms with van der Waals surface area (Å²) in [5.41, 5.74) is 5.35. The van der Waals surface area contributed by atoms with Crippen LogP contribution in [0.15, 0.2) is 12.1 Å². The van der Waals surface area contributed by atoms with E-state index in [0.717, 1.165) is 12.1 Å². The van der Waals surface area contributed by atoms with E-state index in [1.807, 2.05) is 0 Å². The smallest absolute Gasteiger partial charge is 0.165 e. The Balaban J connectivity index is 3.25. The molecule has 0 amide bonds. The highest BCUT2D eigenvalue weighted by atomic mass is 19.1. The Morgan fingerprint density at radius 1 is 1.38 bits per heavy atom. The molecule has 0 aliphatic carbocycles. The van der Waals surface area contributed by atoms with Gasteiger partial charge in [-0.25, -0.2) is 8.78 Å². The van der Waals surface area contributed by atoms with Gasteiger partial charge in [0.2, 0.25) is 0 Å². The van der Waals surface area contributed by atoms with Gasteiger partial charge in [0, 0.05) is 11.6 Å². The minimum Gasteiger partial charge on any atom is -0.505 e. The van der Waals surface area contributed by atoms with Gasteiger partial charge >= 0.3 is 0 Å². The number of phenolic OH excluding ortho intramolecular Hbond substituents is 1. The second kappa shape index (κ2) is 3.70. The summed E-state index contributed by atoms with van der Waals surface area (Å²) in [4.78, 5) is 0. The molecule has 0 spiro atoms. The van der Waals surface area contributed by atoms with E-state index in [1.54, 1.807) is 6.92 Å². The molecule has 3 N–H and O–H groups in total. The fourth-order valence-corrected chi connectivity index (χ4v) is 1.11. The van der Waals surface area contributed by atoms with Gasteiger partial charge in [-0.05, 0) is 18.6 Å². The van der Waals surface area contributed by atoms with Crippen LogP contribution in [0.2, 0.25) is 0 Å². The Kier molecular flexibility index (Phi) is 2.83. The van der Waals surface area contributed by atoms with Gasteiger partial charge in [0.25, 0.3) is 0 Å². The monoisotopic (exact) mass is 187 g/mol. The molecule has 72 valence electrons. The first-order chi connectivity index (χ1) is 6.07. The number of rotatable bonds is 2. The van der Waals surface area contributed by atoms with Crippen LogP contribution in [0, 0.1) is 11.6 Å². The Morgan fingerprint density at radius 2 is 1.92 bits per heavy atom. The summed E-state index contributed by atoms with van der Waals surface area (Å²) in [5.74, 6) is -2.21. The molecule has 0 heterocycles. The Bertz CT molecular complexity index is 315. The van der Waals surface area contributed by atoms with Crippen molar-refractivity contribution < 1.29 is 13.9 Å². The Labute approximate surface area is 75.0 Å². The molecular weight excluding hydrogens is 176 g/mol. The molecule has 0 aromatic heterocycles. The molecule has 1 atom stereocenters. The van der Waals surface area contributed by atoms with Gasteiger partial charge in [-0.3, -0.25) is 0 Å². The fraction of sp³-hybridized carbons (Fsp3) is 0.333. The normalized spacial score (nSPS) is 12.9. The molecule has 4 heteroatoms. The first-order valence-corrected chi connectivity index (χ1v) is 4.00. The first-order valence-electron chi connectivity index (χ1n) is 4.00. The molecule has 13 heavy (non-hydrogen) atoms. The van der Waals surface area contributed by atoms with Crippen LogP contribution in [0.3, 0.4) is 0 Å². The molecule has 0 aliphatic heterocycles. The highest BCUT2D eigenvalue weighted by Gasteiger charge is 2.17. The molecule has 0 aliphatic rings. The van der Waals surface area contributed by atoms with Crippen LogP contribution in [-0.4, -0.2) is 5.11 Å². The van der Waals surface area contributed by atoms with E-state index in [9.17, 15) is 13.9 Å². The van der Waals surface area contributed by atoms with Crippen LogP contribution in [0.25, 0.3) is 0 Å². The number of hydrogen-bond donors (Lipinski definition) is 2. The van der Waals surface area contributed by atoms with Gasteiger partial charge in [-0.2, -0.15) is 0 Å². The maximum absolute atomic E-state index is 13.1. The van der Waals surface area contributed by atoms with Crippen LogP contribution in [0.5, 0.6) is 5.75 Å². The van der Waals surface area contributed by atoms with E-state index < -0.39 is 23.4 Å². The lowest BCUT2D eigenvalue weighted by Gasteiger charge is -2.12. The minimum atomic E-state index is -0.847. The van der Waals surface area contributed by atoms with Gasteiger partial charge in [0.15, 0.2) is 11.6 Å². The molecule has 0 radical (unpaired) electrons. The molecule has 0 saturated carbocycles. The standard InChI is InChI=1S/C9H11F2NO/c1-2-7(12)8-5(10)3-4-6(11)9(8)13/h3-4,7,13H,2,12H2,1H3/t7-/m0/s1. The second-order valence-electron chi connectivity index (χ2n) is 2.81. The van der Waals surface area contributed by atoms with Crippen molar-refractivity contribution in [2.24, 2.45) is 5.73 Å². The summed E-state index contributed by atoms with van der Waals surface area (Å²) in [6, 6.07) is 1.16. The number of halogens is 2. The van der Waals surface area contributed by atoms with E-state index in [-0.39, 0.29) is 5.56 Å². The summed E-state index contributed by atoms with van der Waals surface area (Å²) in [6.07, 6.45) is 0.438. The zero-order chi connectivity index (χ0) is 10.0. The molecule has 0 saturated heterocycles. The van der Waals surface area contributed by atoms with Gasteiger partial charge < -0.3 is 10.8 Å². The maximum atomic E-state index is 13.1. The number of aromatic hydroxyl groups is 1. The van der Waals surface area contributed by atoms with Gasteiger partial charge in [-0.15, -0.1) is 0 Å². The third-order valence-corrected chi connectivity index (χ3v) is 1.93. The van der Waals surface area contributed by atoms with E-state index in [2.05, 4.69) is 0 Å². The van der Waals surface area contributed by atoms with Crippen LogP contribution >= 0.6 is 0 Å². The van der Waals surface area contributed by atoms with Gasteiger partial charge in [0.05, 0.1) is 0 Å². The molecular formula is C9H11F2NO. The topological polar surface area (TPSA) is 46.2 Å². The Hall–Kier alpha value is -1.16. The quantitative estimate of drug-likeness (QED) is 0.744. The number of phenols is 1. The van der Waals surface area contributed by atoms with Crippen LogP contribution in [0.1, 0.15) is 24.9 Å². The maximum Gasteiger partial charge on any atom is 0.165 e. The van der Waals surface area contributed by atoms with Gasteiger partial charge in [-0.1, -0.05) is 6.92 Å². The second-order valence-corrected chi connectivity index (χ2v) is 2.81. The number of benzene rings is 1. The summed E-state index contributed by atoms with van der Waals surface area (Å²) < 4.78 is 25.8. The van der Waals surface area contributed by atoms with Crippen molar-refractivity contribution >= 4 is 0 Å². The van der Waals surface area contributed by atoms with Crippen molar-refractivity contribution in [1.29, 1.82) is 0 Å². The highest BCUT2D eigenvalue weighted by Crippen LogP contribution is 2.29. The van der Waals surface area contributed by atoms with Crippen LogP contribution in [0.4, 0.5) is 8.78 Å². The van der Waals surface area contributed by atoms with Crippen LogP contribution in [-0.2, 0) is 0 Å². The molecule has 0 fully saturated rings. The van der Waals surface area contributed by atoms with Gasteiger partial charge in [0.1, 0.15) is 5.82 Å². The summed E-state index contributed by atoms with van der Waals surface area (Å²) in [5, 5.41) is 9.18. The lowest BCUT2D eigenvalue weighted by atomic mass is 10.0. The molecule has 1 aromatic rings. The lowest BCUT2D eigenvalue weighted by molar-refractivity contribution is 0.409. The highest BCUT2D eigenvalue weighted by molar-refractivity contribution is 5.37. The zero-order valence-corrected chi connectivity index (χ0v) is 7.22. The molecule has 0 unspecified atom stereocenters. The number of nitrogens with two attached hydrogens (primary N) is 1. The summed E-state index contributed by atoms with van der Waals surface area (Å²) in [6.45, 7) is 1.73. The molecule has 2 nitrogen and oxygen atoms in total. The third kappa shape index (κ3) is 1.78.